The number of nitrogens with zero attached hydrogens (tertiary/aromatic N) is 2. The van der Waals surface area contributed by atoms with Gasteiger partial charge in [-0.3, -0.25) is 4.98 Å². The quantitative estimate of drug-likeness (QED) is 0.766. The summed E-state index contributed by atoms with van der Waals surface area (Å²) in [4.78, 5) is 15.3. The Bertz CT molecular complexity index is 1020. The Kier molecular flexibility index (Phi) is 4.43. The molecule has 3 aromatic rings. The van der Waals surface area contributed by atoms with Crippen molar-refractivity contribution in [1.29, 1.82) is 0 Å². The van der Waals surface area contributed by atoms with Crippen LogP contribution in [0.4, 0.5) is 0 Å². The molecule has 0 aliphatic rings. The summed E-state index contributed by atoms with van der Waals surface area (Å²) in [6, 6.07) is 7.13. The van der Waals surface area contributed by atoms with Crippen LogP contribution in [0.2, 0.25) is 5.02 Å². The molecular formula is C19H20ClN3O2. The summed E-state index contributed by atoms with van der Waals surface area (Å²) in [5, 5.41) is 4.99. The van der Waals surface area contributed by atoms with Crippen LogP contribution in [0.5, 0.6) is 5.75 Å². The standard InChI is InChI=1S/C19H20ClN3O2/c1-10-8-15(13(4)12(3)11(10)2)18-21-19(24)23(22-18)16-9-14(20)6-7-17(16)25-5/h6-9H,1-5H3,(H,21,22,24). The number of ether oxygens (including phenoxy) is 1. The van der Waals surface area contributed by atoms with Crippen molar-refractivity contribution in [1.82, 2.24) is 14.8 Å². The number of aromatic amines is 1. The van der Waals surface area contributed by atoms with Gasteiger partial charge in [0, 0.05) is 10.6 Å². The maximum atomic E-state index is 12.5. The molecule has 0 unspecified atom stereocenters. The van der Waals surface area contributed by atoms with E-state index in [-0.39, 0.29) is 5.69 Å². The van der Waals surface area contributed by atoms with Crippen LogP contribution >= 0.6 is 11.6 Å². The highest BCUT2D eigenvalue weighted by Crippen LogP contribution is 2.29. The van der Waals surface area contributed by atoms with E-state index in [1.54, 1.807) is 25.3 Å². The smallest absolute Gasteiger partial charge is 0.348 e. The van der Waals surface area contributed by atoms with Gasteiger partial charge < -0.3 is 4.74 Å². The van der Waals surface area contributed by atoms with Crippen LogP contribution < -0.4 is 10.4 Å². The molecule has 5 nitrogen and oxygen atoms in total. The molecule has 6 heteroatoms. The molecule has 0 aliphatic carbocycles. The van der Waals surface area contributed by atoms with Gasteiger partial charge in [-0.25, -0.2) is 4.79 Å². The molecule has 0 radical (unpaired) electrons. The topological polar surface area (TPSA) is 59.9 Å². The van der Waals surface area contributed by atoms with Crippen LogP contribution in [0.25, 0.3) is 17.1 Å². The average Bonchev–Trinajstić information content (AvgIpc) is 2.97. The van der Waals surface area contributed by atoms with E-state index in [2.05, 4.69) is 36.9 Å². The number of halogens is 1. The highest BCUT2D eigenvalue weighted by atomic mass is 35.5. The SMILES string of the molecule is COc1ccc(Cl)cc1-n1nc(-c2cc(C)c(C)c(C)c2C)[nH]c1=O. The van der Waals surface area contributed by atoms with E-state index in [1.165, 1.54) is 15.8 Å². The van der Waals surface area contributed by atoms with Crippen molar-refractivity contribution >= 4 is 11.6 Å². The number of methoxy groups -OCH3 is 1. The van der Waals surface area contributed by atoms with Gasteiger partial charge in [0.1, 0.15) is 11.4 Å². The molecule has 25 heavy (non-hydrogen) atoms. The third kappa shape index (κ3) is 2.96. The molecule has 0 fully saturated rings. The van der Waals surface area contributed by atoms with Crippen molar-refractivity contribution in [2.75, 3.05) is 7.11 Å². The minimum Gasteiger partial charge on any atom is -0.494 e. The molecule has 0 amide bonds. The Labute approximate surface area is 151 Å². The Morgan fingerprint density at radius 3 is 2.48 bits per heavy atom. The van der Waals surface area contributed by atoms with E-state index >= 15 is 0 Å². The Hall–Kier alpha value is -2.53. The van der Waals surface area contributed by atoms with Gasteiger partial charge in [0.25, 0.3) is 0 Å². The second-order valence-corrected chi connectivity index (χ2v) is 6.56. The lowest BCUT2D eigenvalue weighted by Gasteiger charge is -2.12. The van der Waals surface area contributed by atoms with Gasteiger partial charge in [-0.2, -0.15) is 4.68 Å². The van der Waals surface area contributed by atoms with Crippen molar-refractivity contribution in [3.8, 4) is 22.8 Å². The number of aryl methyl sites for hydroxylation is 1. The van der Waals surface area contributed by atoms with Gasteiger partial charge in [-0.15, -0.1) is 5.10 Å². The van der Waals surface area contributed by atoms with Crippen LogP contribution in [0.3, 0.4) is 0 Å². The summed E-state index contributed by atoms with van der Waals surface area (Å²) in [5.74, 6) is 1.05. The van der Waals surface area contributed by atoms with Crippen LogP contribution in [-0.4, -0.2) is 21.9 Å². The van der Waals surface area contributed by atoms with Gasteiger partial charge >= 0.3 is 5.69 Å². The summed E-state index contributed by atoms with van der Waals surface area (Å²) < 4.78 is 6.61. The molecule has 3 rings (SSSR count). The molecule has 1 heterocycles. The highest BCUT2D eigenvalue weighted by molar-refractivity contribution is 6.30. The second-order valence-electron chi connectivity index (χ2n) is 6.12. The Balaban J connectivity index is 2.21. The molecule has 0 aliphatic heterocycles. The molecule has 0 saturated heterocycles. The van der Waals surface area contributed by atoms with E-state index in [1.807, 2.05) is 6.92 Å². The normalized spacial score (nSPS) is 11.0. The van der Waals surface area contributed by atoms with E-state index < -0.39 is 0 Å². The zero-order chi connectivity index (χ0) is 18.3. The van der Waals surface area contributed by atoms with Gasteiger partial charge in [0.15, 0.2) is 5.82 Å². The number of aromatic nitrogens is 3. The van der Waals surface area contributed by atoms with Crippen LogP contribution in [0, 0.1) is 27.7 Å². The molecule has 130 valence electrons. The third-order valence-electron chi connectivity index (χ3n) is 4.72. The molecule has 0 bridgehead atoms. The minimum atomic E-state index is -0.342. The molecular weight excluding hydrogens is 338 g/mol. The maximum Gasteiger partial charge on any atom is 0.348 e. The fourth-order valence-electron chi connectivity index (χ4n) is 2.90. The first-order valence-electron chi connectivity index (χ1n) is 7.94. The summed E-state index contributed by atoms with van der Waals surface area (Å²) in [5.41, 5.74) is 5.78. The predicted octanol–water partition coefficient (Wildman–Crippen LogP) is 4.12. The zero-order valence-corrected chi connectivity index (χ0v) is 15.7. The number of nitrogens with one attached hydrogen (secondary N) is 1. The largest absolute Gasteiger partial charge is 0.494 e. The van der Waals surface area contributed by atoms with E-state index in [4.69, 9.17) is 16.3 Å². The van der Waals surface area contributed by atoms with Crippen LogP contribution in [-0.2, 0) is 0 Å². The van der Waals surface area contributed by atoms with Crippen LogP contribution in [0.15, 0.2) is 29.1 Å². The maximum absolute atomic E-state index is 12.5. The van der Waals surface area contributed by atoms with Crippen molar-refractivity contribution < 1.29 is 4.74 Å². The van der Waals surface area contributed by atoms with Gasteiger partial charge in [-0.1, -0.05) is 11.6 Å². The van der Waals surface area contributed by atoms with E-state index in [0.717, 1.165) is 16.7 Å². The summed E-state index contributed by atoms with van der Waals surface area (Å²) >= 11 is 6.08. The lowest BCUT2D eigenvalue weighted by molar-refractivity contribution is 0.411. The third-order valence-corrected chi connectivity index (χ3v) is 4.96. The molecule has 0 saturated carbocycles. The van der Waals surface area contributed by atoms with Crippen molar-refractivity contribution in [3.63, 3.8) is 0 Å². The molecule has 0 spiro atoms. The average molecular weight is 358 g/mol. The molecule has 2 aromatic carbocycles. The van der Waals surface area contributed by atoms with Gasteiger partial charge in [-0.05, 0) is 74.2 Å². The van der Waals surface area contributed by atoms with Crippen molar-refractivity contribution in [2.24, 2.45) is 0 Å². The predicted molar refractivity (Wildman–Crippen MR) is 100 cm³/mol. The zero-order valence-electron chi connectivity index (χ0n) is 14.9. The van der Waals surface area contributed by atoms with Gasteiger partial charge in [0.05, 0.1) is 7.11 Å². The van der Waals surface area contributed by atoms with E-state index in [0.29, 0.717) is 22.3 Å². The summed E-state index contributed by atoms with van der Waals surface area (Å²) in [6.45, 7) is 8.27. The fraction of sp³-hybridized carbons (Fsp3) is 0.263. The Morgan fingerprint density at radius 2 is 1.80 bits per heavy atom. The van der Waals surface area contributed by atoms with E-state index in [9.17, 15) is 4.79 Å². The Morgan fingerprint density at radius 1 is 1.08 bits per heavy atom. The lowest BCUT2D eigenvalue weighted by atomic mass is 9.94. The van der Waals surface area contributed by atoms with Gasteiger partial charge in [0.2, 0.25) is 0 Å². The first-order valence-corrected chi connectivity index (χ1v) is 8.32. The second kappa shape index (κ2) is 6.41. The molecule has 0 atom stereocenters. The lowest BCUT2D eigenvalue weighted by Crippen LogP contribution is -2.16. The van der Waals surface area contributed by atoms with Crippen LogP contribution in [0.1, 0.15) is 22.3 Å². The number of H-pyrrole nitrogens is 1. The number of rotatable bonds is 3. The number of benzene rings is 2. The minimum absolute atomic E-state index is 0.342. The molecule has 1 N–H and O–H groups in total. The molecule has 1 aromatic heterocycles. The van der Waals surface area contributed by atoms with Crippen molar-refractivity contribution in [3.05, 3.63) is 62.0 Å². The number of hydrogen-bond donors (Lipinski definition) is 1. The highest BCUT2D eigenvalue weighted by Gasteiger charge is 2.16. The fourth-order valence-corrected chi connectivity index (χ4v) is 3.06. The summed E-state index contributed by atoms with van der Waals surface area (Å²) in [7, 11) is 1.54. The van der Waals surface area contributed by atoms with Crippen molar-refractivity contribution in [2.45, 2.75) is 27.7 Å². The summed E-state index contributed by atoms with van der Waals surface area (Å²) in [6.07, 6.45) is 0. The first-order chi connectivity index (χ1) is 11.8. The first kappa shape index (κ1) is 17.3. The number of hydrogen-bond acceptors (Lipinski definition) is 3. The monoisotopic (exact) mass is 357 g/mol.